The second-order valence-electron chi connectivity index (χ2n) is 4.63. The third kappa shape index (κ3) is 3.25. The number of benzene rings is 2. The van der Waals surface area contributed by atoms with Crippen molar-refractivity contribution in [3.63, 3.8) is 0 Å². The maximum Gasteiger partial charge on any atom is 0.255 e. The van der Waals surface area contributed by atoms with E-state index in [4.69, 9.17) is 5.26 Å². The fraction of sp³-hybridized carbons (Fsp3) is 0.125. The molecule has 0 bridgehead atoms. The summed E-state index contributed by atoms with van der Waals surface area (Å²) in [5.74, 6) is -0.212. The van der Waals surface area contributed by atoms with Crippen LogP contribution in [0.4, 0.5) is 5.69 Å². The van der Waals surface area contributed by atoms with Crippen molar-refractivity contribution in [2.45, 2.75) is 13.8 Å². The third-order valence-corrected chi connectivity index (χ3v) is 3.33. The molecule has 0 saturated heterocycles. The molecule has 0 radical (unpaired) electrons. The minimum Gasteiger partial charge on any atom is -0.321 e. The Morgan fingerprint density at radius 3 is 2.40 bits per heavy atom. The minimum absolute atomic E-state index is 0.212. The van der Waals surface area contributed by atoms with Gasteiger partial charge in [0, 0.05) is 10.0 Å². The number of hydrogen-bond donors (Lipinski definition) is 1. The Morgan fingerprint density at radius 2 is 1.80 bits per heavy atom. The Balaban J connectivity index is 2.30. The molecule has 4 heteroatoms. The van der Waals surface area contributed by atoms with E-state index in [1.165, 1.54) is 0 Å². The van der Waals surface area contributed by atoms with Crippen LogP contribution >= 0.6 is 15.9 Å². The predicted molar refractivity (Wildman–Crippen MR) is 82.7 cm³/mol. The summed E-state index contributed by atoms with van der Waals surface area (Å²) in [6.45, 7) is 3.90. The van der Waals surface area contributed by atoms with Crippen LogP contribution in [-0.2, 0) is 0 Å². The number of hydrogen-bond acceptors (Lipinski definition) is 2. The first kappa shape index (κ1) is 14.3. The zero-order valence-electron chi connectivity index (χ0n) is 11.2. The lowest BCUT2D eigenvalue weighted by Crippen LogP contribution is -2.13. The maximum atomic E-state index is 12.2. The summed E-state index contributed by atoms with van der Waals surface area (Å²) in [6.07, 6.45) is 0. The molecule has 2 aromatic rings. The summed E-state index contributed by atoms with van der Waals surface area (Å²) in [4.78, 5) is 12.2. The molecule has 0 aliphatic heterocycles. The lowest BCUT2D eigenvalue weighted by Gasteiger charge is -2.09. The van der Waals surface area contributed by atoms with Crippen LogP contribution in [-0.4, -0.2) is 5.91 Å². The number of halogens is 1. The molecular formula is C16H13BrN2O. The molecule has 1 amide bonds. The van der Waals surface area contributed by atoms with Crippen molar-refractivity contribution in [1.29, 1.82) is 5.26 Å². The van der Waals surface area contributed by atoms with Gasteiger partial charge < -0.3 is 5.32 Å². The Labute approximate surface area is 126 Å². The normalized spacial score (nSPS) is 9.90. The second-order valence-corrected chi connectivity index (χ2v) is 5.55. The number of nitrogens with zero attached hydrogens (tertiary/aromatic N) is 1. The number of carbonyl (C=O) groups is 1. The van der Waals surface area contributed by atoms with Crippen LogP contribution in [0.2, 0.25) is 0 Å². The number of anilines is 1. The van der Waals surface area contributed by atoms with Crippen LogP contribution in [0, 0.1) is 25.2 Å². The Hall–Kier alpha value is -2.12. The van der Waals surface area contributed by atoms with E-state index in [2.05, 4.69) is 27.3 Å². The molecule has 0 atom stereocenters. The molecule has 1 N–H and O–H groups in total. The number of rotatable bonds is 2. The van der Waals surface area contributed by atoms with E-state index in [9.17, 15) is 4.79 Å². The molecule has 0 aliphatic rings. The molecule has 0 saturated carbocycles. The van der Waals surface area contributed by atoms with Gasteiger partial charge in [0.25, 0.3) is 5.91 Å². The van der Waals surface area contributed by atoms with Crippen LogP contribution < -0.4 is 5.32 Å². The first-order valence-electron chi connectivity index (χ1n) is 6.09. The van der Waals surface area contributed by atoms with Gasteiger partial charge in [-0.05, 0) is 44.2 Å². The molecule has 20 heavy (non-hydrogen) atoms. The van der Waals surface area contributed by atoms with Crippen molar-refractivity contribution < 1.29 is 4.79 Å². The van der Waals surface area contributed by atoms with E-state index in [1.807, 2.05) is 32.0 Å². The Bertz CT molecular complexity index is 697. The van der Waals surface area contributed by atoms with E-state index >= 15 is 0 Å². The largest absolute Gasteiger partial charge is 0.321 e. The molecule has 100 valence electrons. The SMILES string of the molecule is Cc1cc(C)cc(C(=O)Nc2ccc(Br)cc2C#N)c1. The average Bonchev–Trinajstić information content (AvgIpc) is 2.39. The molecule has 2 aromatic carbocycles. The first-order chi connectivity index (χ1) is 9.49. The number of aryl methyl sites for hydroxylation is 2. The predicted octanol–water partition coefficient (Wildman–Crippen LogP) is 4.19. The number of nitriles is 1. The first-order valence-corrected chi connectivity index (χ1v) is 6.88. The van der Waals surface area contributed by atoms with Gasteiger partial charge in [-0.15, -0.1) is 0 Å². The molecular weight excluding hydrogens is 316 g/mol. The number of amides is 1. The van der Waals surface area contributed by atoms with Gasteiger partial charge in [0.1, 0.15) is 6.07 Å². The molecule has 0 aromatic heterocycles. The molecule has 0 unspecified atom stereocenters. The van der Waals surface area contributed by atoms with E-state index in [-0.39, 0.29) is 5.91 Å². The van der Waals surface area contributed by atoms with Gasteiger partial charge in [-0.2, -0.15) is 5.26 Å². The minimum atomic E-state index is -0.212. The Kier molecular flexibility index (Phi) is 4.21. The average molecular weight is 329 g/mol. The second kappa shape index (κ2) is 5.89. The molecule has 0 heterocycles. The van der Waals surface area contributed by atoms with Crippen molar-refractivity contribution in [3.8, 4) is 6.07 Å². The van der Waals surface area contributed by atoms with Crippen molar-refractivity contribution in [1.82, 2.24) is 0 Å². The third-order valence-electron chi connectivity index (χ3n) is 2.83. The number of nitrogens with one attached hydrogen (secondary N) is 1. The van der Waals surface area contributed by atoms with Crippen molar-refractivity contribution >= 4 is 27.5 Å². The van der Waals surface area contributed by atoms with E-state index in [1.54, 1.807) is 18.2 Å². The molecule has 0 spiro atoms. The maximum absolute atomic E-state index is 12.2. The fourth-order valence-electron chi connectivity index (χ4n) is 2.02. The van der Waals surface area contributed by atoms with E-state index < -0.39 is 0 Å². The lowest BCUT2D eigenvalue weighted by molar-refractivity contribution is 0.102. The fourth-order valence-corrected chi connectivity index (χ4v) is 2.38. The summed E-state index contributed by atoms with van der Waals surface area (Å²) in [7, 11) is 0. The van der Waals surface area contributed by atoms with E-state index in [0.29, 0.717) is 16.8 Å². The summed E-state index contributed by atoms with van der Waals surface area (Å²) in [6, 6.07) is 12.9. The van der Waals surface area contributed by atoms with Crippen LogP contribution in [0.25, 0.3) is 0 Å². The standard InChI is InChI=1S/C16H13BrN2O/c1-10-5-11(2)7-12(6-10)16(20)19-15-4-3-14(17)8-13(15)9-18/h3-8H,1-2H3,(H,19,20). The van der Waals surface area contributed by atoms with Gasteiger partial charge >= 0.3 is 0 Å². The van der Waals surface area contributed by atoms with Gasteiger partial charge in [-0.3, -0.25) is 4.79 Å². The van der Waals surface area contributed by atoms with Gasteiger partial charge in [-0.25, -0.2) is 0 Å². The summed E-state index contributed by atoms with van der Waals surface area (Å²) >= 11 is 3.30. The molecule has 3 nitrogen and oxygen atoms in total. The molecule has 2 rings (SSSR count). The molecule has 0 fully saturated rings. The van der Waals surface area contributed by atoms with Gasteiger partial charge in [0.2, 0.25) is 0 Å². The highest BCUT2D eigenvalue weighted by atomic mass is 79.9. The lowest BCUT2D eigenvalue weighted by atomic mass is 10.1. The molecule has 0 aliphatic carbocycles. The van der Waals surface area contributed by atoms with Crippen LogP contribution in [0.15, 0.2) is 40.9 Å². The Morgan fingerprint density at radius 1 is 1.15 bits per heavy atom. The van der Waals surface area contributed by atoms with Crippen molar-refractivity contribution in [2.24, 2.45) is 0 Å². The highest BCUT2D eigenvalue weighted by Gasteiger charge is 2.10. The quantitative estimate of drug-likeness (QED) is 0.898. The highest BCUT2D eigenvalue weighted by molar-refractivity contribution is 9.10. The number of carbonyl (C=O) groups excluding carboxylic acids is 1. The van der Waals surface area contributed by atoms with Crippen molar-refractivity contribution in [2.75, 3.05) is 5.32 Å². The smallest absolute Gasteiger partial charge is 0.255 e. The van der Waals surface area contributed by atoms with Gasteiger partial charge in [0.05, 0.1) is 11.3 Å². The van der Waals surface area contributed by atoms with Crippen molar-refractivity contribution in [3.05, 3.63) is 63.1 Å². The van der Waals surface area contributed by atoms with Crippen LogP contribution in [0.5, 0.6) is 0 Å². The topological polar surface area (TPSA) is 52.9 Å². The summed E-state index contributed by atoms with van der Waals surface area (Å²) in [5.41, 5.74) is 3.60. The van der Waals surface area contributed by atoms with Crippen LogP contribution in [0.3, 0.4) is 0 Å². The van der Waals surface area contributed by atoms with E-state index in [0.717, 1.165) is 15.6 Å². The summed E-state index contributed by atoms with van der Waals surface area (Å²) < 4.78 is 0.804. The zero-order valence-corrected chi connectivity index (χ0v) is 12.8. The van der Waals surface area contributed by atoms with Gasteiger partial charge in [-0.1, -0.05) is 33.1 Å². The zero-order chi connectivity index (χ0) is 14.7. The monoisotopic (exact) mass is 328 g/mol. The summed E-state index contributed by atoms with van der Waals surface area (Å²) in [5, 5.41) is 11.9. The van der Waals surface area contributed by atoms with Crippen LogP contribution in [0.1, 0.15) is 27.0 Å². The van der Waals surface area contributed by atoms with Gasteiger partial charge in [0.15, 0.2) is 0 Å². The highest BCUT2D eigenvalue weighted by Crippen LogP contribution is 2.21.